The molecule has 3 aliphatic rings. The number of fused-ring (bicyclic) bond motifs is 1. The third-order valence-corrected chi connectivity index (χ3v) is 6.54. The molecule has 3 aliphatic heterocycles. The molecule has 172 valence electrons. The Bertz CT molecular complexity index is 1130. The second-order valence-corrected chi connectivity index (χ2v) is 8.91. The van der Waals surface area contributed by atoms with Gasteiger partial charge in [-0.2, -0.15) is 10.2 Å². The monoisotopic (exact) mass is 446 g/mol. The molecule has 9 nitrogen and oxygen atoms in total. The van der Waals surface area contributed by atoms with Gasteiger partial charge in [0.1, 0.15) is 5.84 Å². The zero-order chi connectivity index (χ0) is 22.9. The number of likely N-dealkylation sites (tertiary alicyclic amines) is 2. The molecule has 2 aromatic rings. The van der Waals surface area contributed by atoms with Crippen LogP contribution in [0.3, 0.4) is 0 Å². The van der Waals surface area contributed by atoms with Crippen LogP contribution in [0.15, 0.2) is 64.2 Å². The van der Waals surface area contributed by atoms with Gasteiger partial charge in [-0.1, -0.05) is 6.07 Å². The van der Waals surface area contributed by atoms with Crippen LogP contribution in [0.4, 0.5) is 0 Å². The Morgan fingerprint density at radius 2 is 2.15 bits per heavy atom. The lowest BCUT2D eigenvalue weighted by Crippen LogP contribution is -2.43. The van der Waals surface area contributed by atoms with Crippen LogP contribution in [0.1, 0.15) is 43.1 Å². The van der Waals surface area contributed by atoms with E-state index in [0.717, 1.165) is 55.7 Å². The predicted molar refractivity (Wildman–Crippen MR) is 129 cm³/mol. The van der Waals surface area contributed by atoms with E-state index in [4.69, 9.17) is 10.7 Å². The molecule has 5 heterocycles. The third-order valence-electron chi connectivity index (χ3n) is 6.54. The van der Waals surface area contributed by atoms with Gasteiger partial charge >= 0.3 is 0 Å². The lowest BCUT2D eigenvalue weighted by Gasteiger charge is -2.35. The van der Waals surface area contributed by atoms with Crippen LogP contribution in [-0.2, 0) is 0 Å². The molecule has 0 saturated carbocycles. The van der Waals surface area contributed by atoms with E-state index in [2.05, 4.69) is 21.8 Å². The van der Waals surface area contributed by atoms with Gasteiger partial charge in [-0.05, 0) is 56.9 Å². The summed E-state index contributed by atoms with van der Waals surface area (Å²) in [5, 5.41) is 10.3. The number of hydrazone groups is 1. The van der Waals surface area contributed by atoms with Crippen molar-refractivity contribution in [3.05, 3.63) is 59.8 Å². The molecule has 0 radical (unpaired) electrons. The minimum Gasteiger partial charge on any atom is -0.355 e. The van der Waals surface area contributed by atoms with Gasteiger partial charge in [-0.3, -0.25) is 4.79 Å². The van der Waals surface area contributed by atoms with Crippen LogP contribution in [0.25, 0.3) is 5.52 Å². The number of hydrogen-bond acceptors (Lipinski definition) is 7. The SMILES string of the molecule is C=NN1C=C(C)C(N2CC[C@H](N)C2)=N/C1=C/C1CCCCN1C(=O)c1cc2ccccn2n1. The van der Waals surface area contributed by atoms with Gasteiger partial charge in [-0.15, -0.1) is 0 Å². The summed E-state index contributed by atoms with van der Waals surface area (Å²) in [6.45, 7) is 8.12. The Balaban J connectivity index is 1.45. The number of aromatic nitrogens is 2. The normalized spacial score (nSPS) is 24.9. The smallest absolute Gasteiger partial charge is 0.274 e. The highest BCUT2D eigenvalue weighted by molar-refractivity contribution is 5.99. The molecule has 2 aromatic heterocycles. The topological polar surface area (TPSA) is 94.8 Å². The quantitative estimate of drug-likeness (QED) is 0.731. The van der Waals surface area contributed by atoms with E-state index < -0.39 is 0 Å². The Morgan fingerprint density at radius 3 is 2.91 bits per heavy atom. The Labute approximate surface area is 193 Å². The van der Waals surface area contributed by atoms with Crippen molar-refractivity contribution in [2.45, 2.75) is 44.7 Å². The molecule has 2 fully saturated rings. The molecule has 1 unspecified atom stereocenters. The van der Waals surface area contributed by atoms with Crippen LogP contribution in [0.2, 0.25) is 0 Å². The highest BCUT2D eigenvalue weighted by atomic mass is 16.2. The molecule has 2 atom stereocenters. The van der Waals surface area contributed by atoms with Crippen molar-refractivity contribution in [2.75, 3.05) is 19.6 Å². The first kappa shape index (κ1) is 21.4. The Hall–Kier alpha value is -3.46. The molecular formula is C24H30N8O. The Kier molecular flexibility index (Phi) is 5.72. The van der Waals surface area contributed by atoms with Crippen molar-refractivity contribution in [3.63, 3.8) is 0 Å². The van der Waals surface area contributed by atoms with Gasteiger partial charge in [0.05, 0.1) is 11.6 Å². The van der Waals surface area contributed by atoms with Crippen LogP contribution in [-0.4, -0.2) is 74.6 Å². The molecule has 2 saturated heterocycles. The minimum atomic E-state index is -0.0899. The molecule has 9 heteroatoms. The summed E-state index contributed by atoms with van der Waals surface area (Å²) in [4.78, 5) is 22.5. The first-order valence-corrected chi connectivity index (χ1v) is 11.5. The average molecular weight is 447 g/mol. The molecule has 33 heavy (non-hydrogen) atoms. The van der Waals surface area contributed by atoms with Crippen molar-refractivity contribution in [3.8, 4) is 0 Å². The van der Waals surface area contributed by atoms with Crippen molar-refractivity contribution in [1.29, 1.82) is 0 Å². The van der Waals surface area contributed by atoms with Crippen molar-refractivity contribution >= 4 is 24.0 Å². The van der Waals surface area contributed by atoms with E-state index in [1.165, 1.54) is 0 Å². The van der Waals surface area contributed by atoms with Crippen LogP contribution >= 0.6 is 0 Å². The lowest BCUT2D eigenvalue weighted by molar-refractivity contribution is 0.0655. The zero-order valence-corrected chi connectivity index (χ0v) is 19.0. The summed E-state index contributed by atoms with van der Waals surface area (Å²) in [6, 6.07) is 7.72. The number of rotatable bonds is 3. The van der Waals surface area contributed by atoms with Gasteiger partial charge in [0.25, 0.3) is 5.91 Å². The molecule has 0 bridgehead atoms. The fraction of sp³-hybridized carbons (Fsp3) is 0.417. The fourth-order valence-corrected chi connectivity index (χ4v) is 4.83. The highest BCUT2D eigenvalue weighted by Crippen LogP contribution is 2.27. The predicted octanol–water partition coefficient (Wildman–Crippen LogP) is 2.44. The van der Waals surface area contributed by atoms with Gasteiger partial charge < -0.3 is 15.5 Å². The van der Waals surface area contributed by atoms with Gasteiger partial charge in [-0.25, -0.2) is 14.5 Å². The lowest BCUT2D eigenvalue weighted by atomic mass is 10.0. The summed E-state index contributed by atoms with van der Waals surface area (Å²) in [5.74, 6) is 1.55. The third kappa shape index (κ3) is 4.16. The summed E-state index contributed by atoms with van der Waals surface area (Å²) >= 11 is 0. The van der Waals surface area contributed by atoms with Gasteiger partial charge in [0, 0.05) is 50.4 Å². The number of amides is 1. The summed E-state index contributed by atoms with van der Waals surface area (Å²) < 4.78 is 1.74. The van der Waals surface area contributed by atoms with E-state index in [1.54, 1.807) is 9.52 Å². The minimum absolute atomic E-state index is 0.0596. The van der Waals surface area contributed by atoms with E-state index in [1.807, 2.05) is 54.6 Å². The highest BCUT2D eigenvalue weighted by Gasteiger charge is 2.31. The maximum atomic E-state index is 13.4. The Morgan fingerprint density at radius 1 is 1.27 bits per heavy atom. The van der Waals surface area contributed by atoms with Crippen LogP contribution < -0.4 is 5.73 Å². The average Bonchev–Trinajstić information content (AvgIpc) is 3.46. The summed E-state index contributed by atoms with van der Waals surface area (Å²) in [7, 11) is 0. The second-order valence-electron chi connectivity index (χ2n) is 8.91. The standard InChI is InChI=1S/C24H30N8O/c1-17-15-32(26-2)22(27-23(17)29-12-9-18(25)16-29)14-19-7-3-5-10-30(19)24(33)21-13-20-8-4-6-11-31(20)28-21/h4,6,8,11,13-15,18-19H,2-3,5,7,9-10,12,16,25H2,1H3/b22-14-/t18-,19?/m0/s1. The number of nitrogens with two attached hydrogens (primary N) is 1. The first-order chi connectivity index (χ1) is 16.0. The van der Waals surface area contributed by atoms with Crippen molar-refractivity contribution in [1.82, 2.24) is 24.4 Å². The van der Waals surface area contributed by atoms with E-state index >= 15 is 0 Å². The zero-order valence-electron chi connectivity index (χ0n) is 19.0. The van der Waals surface area contributed by atoms with Crippen LogP contribution in [0, 0.1) is 0 Å². The molecule has 1 amide bonds. The number of amidine groups is 1. The second kappa shape index (κ2) is 8.82. The van der Waals surface area contributed by atoms with Crippen LogP contribution in [0.5, 0.6) is 0 Å². The number of carbonyl (C=O) groups excluding carboxylic acids is 1. The summed E-state index contributed by atoms with van der Waals surface area (Å²) in [5.41, 5.74) is 8.51. The molecule has 0 spiro atoms. The molecule has 0 aromatic carbocycles. The van der Waals surface area contributed by atoms with E-state index in [-0.39, 0.29) is 18.0 Å². The van der Waals surface area contributed by atoms with Gasteiger partial charge in [0.2, 0.25) is 0 Å². The number of carbonyl (C=O) groups is 1. The summed E-state index contributed by atoms with van der Waals surface area (Å²) in [6.07, 6.45) is 9.70. The fourth-order valence-electron chi connectivity index (χ4n) is 4.83. The first-order valence-electron chi connectivity index (χ1n) is 11.5. The number of nitrogens with zero attached hydrogens (tertiary/aromatic N) is 7. The molecule has 5 rings (SSSR count). The van der Waals surface area contributed by atoms with Crippen molar-refractivity contribution in [2.24, 2.45) is 15.8 Å². The van der Waals surface area contributed by atoms with Crippen molar-refractivity contribution < 1.29 is 4.79 Å². The largest absolute Gasteiger partial charge is 0.355 e. The molecule has 2 N–H and O–H groups in total. The van der Waals surface area contributed by atoms with Gasteiger partial charge in [0.15, 0.2) is 11.5 Å². The van der Waals surface area contributed by atoms with E-state index in [9.17, 15) is 4.79 Å². The maximum absolute atomic E-state index is 13.4. The molecular weight excluding hydrogens is 416 g/mol. The maximum Gasteiger partial charge on any atom is 0.274 e. The number of aliphatic imine (C=N–C) groups is 1. The number of hydrogen-bond donors (Lipinski definition) is 1. The number of pyridine rings is 1. The molecule has 0 aliphatic carbocycles. The number of piperidine rings is 1. The van der Waals surface area contributed by atoms with E-state index in [0.29, 0.717) is 18.1 Å².